The molecule has 1 aliphatic carbocycles. The Morgan fingerprint density at radius 1 is 1.18 bits per heavy atom. The minimum Gasteiger partial charge on any atom is -0.496 e. The molecule has 6 nitrogen and oxygen atoms in total. The summed E-state index contributed by atoms with van der Waals surface area (Å²) < 4.78 is 30.1. The molecule has 0 N–H and O–H groups in total. The van der Waals surface area contributed by atoms with Crippen molar-refractivity contribution in [1.82, 2.24) is 9.80 Å². The van der Waals surface area contributed by atoms with Crippen LogP contribution in [0.1, 0.15) is 37.7 Å². The Kier molecular flexibility index (Phi) is 7.23. The van der Waals surface area contributed by atoms with Crippen LogP contribution in [0.25, 0.3) is 0 Å². The number of ether oxygens (including phenoxy) is 1. The van der Waals surface area contributed by atoms with Crippen molar-refractivity contribution < 1.29 is 17.9 Å². The van der Waals surface area contributed by atoms with Crippen LogP contribution in [0.15, 0.2) is 18.2 Å². The fraction of sp³-hybridized carbons (Fsp3) is 0.650. The molecular formula is C20H29ClN2O4S. The minimum absolute atomic E-state index is 0.0174. The van der Waals surface area contributed by atoms with E-state index in [-0.39, 0.29) is 23.3 Å². The molecule has 0 bridgehead atoms. The van der Waals surface area contributed by atoms with Gasteiger partial charge in [0, 0.05) is 49.7 Å². The summed E-state index contributed by atoms with van der Waals surface area (Å²) in [6.07, 6.45) is 3.57. The van der Waals surface area contributed by atoms with E-state index in [4.69, 9.17) is 16.3 Å². The van der Waals surface area contributed by atoms with Crippen LogP contribution in [0.3, 0.4) is 0 Å². The topological polar surface area (TPSA) is 66.9 Å². The maximum atomic E-state index is 12.5. The van der Waals surface area contributed by atoms with E-state index in [2.05, 4.69) is 4.90 Å². The van der Waals surface area contributed by atoms with E-state index in [9.17, 15) is 13.2 Å². The highest BCUT2D eigenvalue weighted by Gasteiger charge is 2.30. The van der Waals surface area contributed by atoms with Crippen LogP contribution in [-0.2, 0) is 21.2 Å². The highest BCUT2D eigenvalue weighted by Crippen LogP contribution is 2.26. The highest BCUT2D eigenvalue weighted by molar-refractivity contribution is 7.92. The van der Waals surface area contributed by atoms with Crippen LogP contribution in [-0.4, -0.2) is 68.4 Å². The summed E-state index contributed by atoms with van der Waals surface area (Å²) in [5.74, 6) is 0.734. The van der Waals surface area contributed by atoms with E-state index >= 15 is 0 Å². The number of benzene rings is 1. The van der Waals surface area contributed by atoms with Gasteiger partial charge in [0.2, 0.25) is 5.91 Å². The van der Waals surface area contributed by atoms with Crippen LogP contribution in [0, 0.1) is 0 Å². The quantitative estimate of drug-likeness (QED) is 0.668. The normalized spacial score (nSPS) is 19.1. The van der Waals surface area contributed by atoms with Gasteiger partial charge < -0.3 is 9.64 Å². The number of piperazine rings is 1. The minimum atomic E-state index is -3.14. The molecule has 1 aliphatic heterocycles. The van der Waals surface area contributed by atoms with E-state index < -0.39 is 9.84 Å². The first-order chi connectivity index (χ1) is 13.4. The maximum absolute atomic E-state index is 12.5. The highest BCUT2D eigenvalue weighted by atomic mass is 35.5. The molecule has 1 heterocycles. The molecule has 2 fully saturated rings. The number of rotatable bonds is 7. The summed E-state index contributed by atoms with van der Waals surface area (Å²) in [5.41, 5.74) is 1.03. The lowest BCUT2D eigenvalue weighted by atomic mass is 10.1. The second-order valence-corrected chi connectivity index (χ2v) is 10.5. The zero-order valence-corrected chi connectivity index (χ0v) is 18.0. The molecule has 0 unspecified atom stereocenters. The Morgan fingerprint density at radius 3 is 2.50 bits per heavy atom. The van der Waals surface area contributed by atoms with E-state index in [1.165, 1.54) is 0 Å². The first kappa shape index (κ1) is 21.4. The Morgan fingerprint density at radius 2 is 1.86 bits per heavy atom. The maximum Gasteiger partial charge on any atom is 0.223 e. The second kappa shape index (κ2) is 9.46. The lowest BCUT2D eigenvalue weighted by Crippen LogP contribution is -2.48. The Bertz CT molecular complexity index is 785. The SMILES string of the molecule is COc1ccc(Cl)cc1CN1CCN(C(=O)CCS(=O)(=O)C2CCCC2)CC1. The molecule has 3 rings (SSSR count). The molecule has 0 aromatic heterocycles. The number of methoxy groups -OCH3 is 1. The second-order valence-electron chi connectivity index (χ2n) is 7.64. The fourth-order valence-electron chi connectivity index (χ4n) is 4.07. The molecule has 28 heavy (non-hydrogen) atoms. The summed E-state index contributed by atoms with van der Waals surface area (Å²) in [6, 6.07) is 5.58. The van der Waals surface area contributed by atoms with Crippen LogP contribution < -0.4 is 4.74 Å². The van der Waals surface area contributed by atoms with E-state index in [0.29, 0.717) is 24.7 Å². The molecule has 2 aliphatic rings. The van der Waals surface area contributed by atoms with Crippen molar-refractivity contribution >= 4 is 27.3 Å². The number of nitrogens with zero attached hydrogens (tertiary/aromatic N) is 2. The Balaban J connectivity index is 1.47. The van der Waals surface area contributed by atoms with Gasteiger partial charge in [-0.25, -0.2) is 8.42 Å². The van der Waals surface area contributed by atoms with Crippen molar-refractivity contribution in [2.45, 2.75) is 43.9 Å². The molecule has 0 radical (unpaired) electrons. The summed E-state index contributed by atoms with van der Waals surface area (Å²) in [4.78, 5) is 16.5. The van der Waals surface area contributed by atoms with Gasteiger partial charge in [-0.05, 0) is 31.0 Å². The van der Waals surface area contributed by atoms with Gasteiger partial charge in [0.15, 0.2) is 9.84 Å². The van der Waals surface area contributed by atoms with Gasteiger partial charge in [0.25, 0.3) is 0 Å². The van der Waals surface area contributed by atoms with Gasteiger partial charge in [-0.3, -0.25) is 9.69 Å². The van der Waals surface area contributed by atoms with Crippen molar-refractivity contribution in [1.29, 1.82) is 0 Å². The molecule has 1 saturated carbocycles. The van der Waals surface area contributed by atoms with Crippen molar-refractivity contribution in [3.8, 4) is 5.75 Å². The molecule has 1 saturated heterocycles. The number of amides is 1. The van der Waals surface area contributed by atoms with Gasteiger partial charge in [0.05, 0.1) is 18.1 Å². The van der Waals surface area contributed by atoms with Crippen molar-refractivity contribution in [2.24, 2.45) is 0 Å². The van der Waals surface area contributed by atoms with Crippen molar-refractivity contribution in [3.63, 3.8) is 0 Å². The molecule has 8 heteroatoms. The van der Waals surface area contributed by atoms with Gasteiger partial charge in [-0.2, -0.15) is 0 Å². The zero-order valence-electron chi connectivity index (χ0n) is 16.4. The lowest BCUT2D eigenvalue weighted by Gasteiger charge is -2.35. The first-order valence-corrected chi connectivity index (χ1v) is 12.0. The predicted octanol–water partition coefficient (Wildman–Crippen LogP) is 2.74. The number of halogens is 1. The number of carbonyl (C=O) groups excluding carboxylic acids is 1. The average molecular weight is 429 g/mol. The first-order valence-electron chi connectivity index (χ1n) is 9.93. The molecule has 1 aromatic rings. The zero-order chi connectivity index (χ0) is 20.1. The van der Waals surface area contributed by atoms with Crippen LogP contribution in [0.2, 0.25) is 5.02 Å². The number of hydrogen-bond donors (Lipinski definition) is 0. The molecule has 0 spiro atoms. The van der Waals surface area contributed by atoms with Crippen LogP contribution in [0.5, 0.6) is 5.75 Å². The third kappa shape index (κ3) is 5.39. The summed E-state index contributed by atoms with van der Waals surface area (Å²) in [5, 5.41) is 0.443. The summed E-state index contributed by atoms with van der Waals surface area (Å²) >= 11 is 6.10. The van der Waals surface area contributed by atoms with Crippen LogP contribution in [0.4, 0.5) is 0 Å². The van der Waals surface area contributed by atoms with Gasteiger partial charge in [-0.1, -0.05) is 24.4 Å². The van der Waals surface area contributed by atoms with Crippen LogP contribution >= 0.6 is 11.6 Å². The van der Waals surface area contributed by atoms with Gasteiger partial charge in [0.1, 0.15) is 5.75 Å². The third-order valence-corrected chi connectivity index (χ3v) is 8.27. The summed E-state index contributed by atoms with van der Waals surface area (Å²) in [6.45, 7) is 3.44. The number of carbonyl (C=O) groups is 1. The Hall–Kier alpha value is -1.31. The van der Waals surface area contributed by atoms with E-state index in [0.717, 1.165) is 50.1 Å². The standard InChI is InChI=1S/C20H29ClN2O4S/c1-27-19-7-6-17(21)14-16(19)15-22-9-11-23(12-10-22)20(24)8-13-28(25,26)18-4-2-3-5-18/h6-7,14,18H,2-5,8-13,15H2,1H3. The van der Waals surface area contributed by atoms with Crippen molar-refractivity contribution in [2.75, 3.05) is 39.0 Å². The molecule has 1 amide bonds. The average Bonchev–Trinajstić information content (AvgIpc) is 3.23. The monoisotopic (exact) mass is 428 g/mol. The van der Waals surface area contributed by atoms with E-state index in [1.54, 1.807) is 18.1 Å². The molecular weight excluding hydrogens is 400 g/mol. The smallest absolute Gasteiger partial charge is 0.223 e. The Labute approximate surface area is 172 Å². The van der Waals surface area contributed by atoms with Gasteiger partial charge >= 0.3 is 0 Å². The largest absolute Gasteiger partial charge is 0.496 e. The molecule has 0 atom stereocenters. The predicted molar refractivity (Wildman–Crippen MR) is 111 cm³/mol. The number of sulfone groups is 1. The number of hydrogen-bond acceptors (Lipinski definition) is 5. The molecule has 1 aromatic carbocycles. The fourth-order valence-corrected chi connectivity index (χ4v) is 6.11. The summed E-state index contributed by atoms with van der Waals surface area (Å²) in [7, 11) is -1.50. The van der Waals surface area contributed by atoms with Gasteiger partial charge in [-0.15, -0.1) is 0 Å². The third-order valence-electron chi connectivity index (χ3n) is 5.77. The molecule has 156 valence electrons. The van der Waals surface area contributed by atoms with E-state index in [1.807, 2.05) is 12.1 Å². The van der Waals surface area contributed by atoms with Crippen molar-refractivity contribution in [3.05, 3.63) is 28.8 Å². The lowest BCUT2D eigenvalue weighted by molar-refractivity contribution is -0.132.